The fraction of sp³-hybridized carbons (Fsp3) is 0.909. The van der Waals surface area contributed by atoms with Crippen molar-refractivity contribution in [1.29, 1.82) is 5.26 Å². The molecule has 82 valence electrons. The normalized spacial score (nSPS) is 16.0. The van der Waals surface area contributed by atoms with E-state index in [4.69, 9.17) is 5.26 Å². The van der Waals surface area contributed by atoms with Crippen molar-refractivity contribution in [1.82, 2.24) is 10.2 Å². The fourth-order valence-electron chi connectivity index (χ4n) is 1.43. The maximum Gasteiger partial charge on any atom is 0.116 e. The summed E-state index contributed by atoms with van der Waals surface area (Å²) in [5.41, 5.74) is -0.451. The van der Waals surface area contributed by atoms with E-state index in [0.717, 1.165) is 6.54 Å². The van der Waals surface area contributed by atoms with Crippen molar-refractivity contribution in [2.75, 3.05) is 13.6 Å². The summed E-state index contributed by atoms with van der Waals surface area (Å²) in [7, 11) is 2.04. The highest BCUT2D eigenvalue weighted by molar-refractivity contribution is 5.06. The highest BCUT2D eigenvalue weighted by Gasteiger charge is 2.26. The molecule has 0 aromatic rings. The predicted octanol–water partition coefficient (Wildman–Crippen LogP) is 1.61. The second-order valence-corrected chi connectivity index (χ2v) is 4.75. The molecule has 0 saturated heterocycles. The third kappa shape index (κ3) is 4.59. The van der Waals surface area contributed by atoms with Crippen LogP contribution in [-0.2, 0) is 0 Å². The molecule has 0 aliphatic rings. The predicted molar refractivity (Wildman–Crippen MR) is 60.1 cm³/mol. The second-order valence-electron chi connectivity index (χ2n) is 4.75. The molecule has 0 heterocycles. The smallest absolute Gasteiger partial charge is 0.116 e. The zero-order chi connectivity index (χ0) is 11.4. The molecule has 0 spiro atoms. The molecule has 0 aliphatic carbocycles. The third-order valence-electron chi connectivity index (χ3n) is 2.30. The molecule has 3 nitrogen and oxygen atoms in total. The molecule has 0 aromatic heterocycles. The van der Waals surface area contributed by atoms with Gasteiger partial charge in [-0.1, -0.05) is 0 Å². The number of nitrogens with zero attached hydrogens (tertiary/aromatic N) is 2. The molecule has 0 aromatic carbocycles. The van der Waals surface area contributed by atoms with Gasteiger partial charge in [0.25, 0.3) is 0 Å². The Morgan fingerprint density at radius 2 is 1.86 bits per heavy atom. The number of likely N-dealkylation sites (N-methyl/N-ethyl adjacent to an activating group) is 1. The van der Waals surface area contributed by atoms with Gasteiger partial charge in [0.15, 0.2) is 0 Å². The average Bonchev–Trinajstić information content (AvgIpc) is 2.02. The first-order valence-electron chi connectivity index (χ1n) is 5.20. The molecule has 0 fully saturated rings. The molecule has 3 heteroatoms. The van der Waals surface area contributed by atoms with Crippen LogP contribution in [0.1, 0.15) is 34.6 Å². The van der Waals surface area contributed by atoms with Gasteiger partial charge in [0.2, 0.25) is 0 Å². The van der Waals surface area contributed by atoms with Crippen LogP contribution in [0, 0.1) is 11.3 Å². The molecule has 0 saturated carbocycles. The van der Waals surface area contributed by atoms with Crippen LogP contribution >= 0.6 is 0 Å². The second kappa shape index (κ2) is 5.33. The van der Waals surface area contributed by atoms with Crippen molar-refractivity contribution >= 4 is 0 Å². The Bertz CT molecular complexity index is 205. The zero-order valence-electron chi connectivity index (χ0n) is 10.3. The van der Waals surface area contributed by atoms with Crippen molar-refractivity contribution in [2.24, 2.45) is 0 Å². The van der Waals surface area contributed by atoms with Gasteiger partial charge in [0.1, 0.15) is 5.54 Å². The monoisotopic (exact) mass is 197 g/mol. The van der Waals surface area contributed by atoms with E-state index >= 15 is 0 Å². The van der Waals surface area contributed by atoms with E-state index in [0.29, 0.717) is 12.1 Å². The van der Waals surface area contributed by atoms with E-state index in [1.165, 1.54) is 0 Å². The summed E-state index contributed by atoms with van der Waals surface area (Å²) in [6, 6.07) is 3.15. The lowest BCUT2D eigenvalue weighted by Crippen LogP contribution is -2.53. The van der Waals surface area contributed by atoms with Crippen LogP contribution < -0.4 is 5.32 Å². The number of nitriles is 1. The highest BCUT2D eigenvalue weighted by Crippen LogP contribution is 2.08. The lowest BCUT2D eigenvalue weighted by atomic mass is 10.0. The molecule has 0 aliphatic heterocycles. The van der Waals surface area contributed by atoms with E-state index in [2.05, 4.69) is 44.0 Å². The summed E-state index contributed by atoms with van der Waals surface area (Å²) < 4.78 is 0. The van der Waals surface area contributed by atoms with Crippen molar-refractivity contribution in [3.8, 4) is 6.07 Å². The van der Waals surface area contributed by atoms with Crippen LogP contribution in [-0.4, -0.2) is 36.1 Å². The molecule has 1 atom stereocenters. The van der Waals surface area contributed by atoms with Crippen LogP contribution in [0.25, 0.3) is 0 Å². The minimum atomic E-state index is -0.451. The third-order valence-corrected chi connectivity index (χ3v) is 2.30. The number of nitrogens with one attached hydrogen (secondary N) is 1. The van der Waals surface area contributed by atoms with Gasteiger partial charge >= 0.3 is 0 Å². The molecular formula is C11H23N3. The lowest BCUT2D eigenvalue weighted by molar-refractivity contribution is 0.212. The van der Waals surface area contributed by atoms with Gasteiger partial charge in [-0.05, 0) is 41.7 Å². The topological polar surface area (TPSA) is 39.1 Å². The van der Waals surface area contributed by atoms with E-state index in [-0.39, 0.29) is 0 Å². The van der Waals surface area contributed by atoms with Crippen molar-refractivity contribution in [3.05, 3.63) is 0 Å². The van der Waals surface area contributed by atoms with Gasteiger partial charge in [-0.3, -0.25) is 5.32 Å². The van der Waals surface area contributed by atoms with E-state index in [1.54, 1.807) is 0 Å². The van der Waals surface area contributed by atoms with E-state index in [1.807, 2.05) is 14.0 Å². The summed E-state index contributed by atoms with van der Waals surface area (Å²) in [6.07, 6.45) is 0. The van der Waals surface area contributed by atoms with E-state index < -0.39 is 5.54 Å². The summed E-state index contributed by atoms with van der Waals surface area (Å²) in [5.74, 6) is 0. The SMILES string of the molecule is CC(C)NC(C)(C#N)CN(C)C(C)C. The van der Waals surface area contributed by atoms with Crippen LogP contribution in [0.4, 0.5) is 0 Å². The van der Waals surface area contributed by atoms with Crippen LogP contribution in [0.15, 0.2) is 0 Å². The first kappa shape index (κ1) is 13.4. The van der Waals surface area contributed by atoms with Gasteiger partial charge in [0.05, 0.1) is 6.07 Å². The highest BCUT2D eigenvalue weighted by atomic mass is 15.2. The minimum Gasteiger partial charge on any atom is -0.301 e. The molecule has 1 unspecified atom stereocenters. The summed E-state index contributed by atoms with van der Waals surface area (Å²) in [5, 5.41) is 12.4. The average molecular weight is 197 g/mol. The Morgan fingerprint density at radius 1 is 1.36 bits per heavy atom. The standard InChI is InChI=1S/C11H23N3/c1-9(2)13-11(5,7-12)8-14(6)10(3)4/h9-10,13H,8H2,1-6H3. The minimum absolute atomic E-state index is 0.334. The summed E-state index contributed by atoms with van der Waals surface area (Å²) >= 11 is 0. The summed E-state index contributed by atoms with van der Waals surface area (Å²) in [4.78, 5) is 2.18. The van der Waals surface area contributed by atoms with Gasteiger partial charge < -0.3 is 4.90 Å². The van der Waals surface area contributed by atoms with Gasteiger partial charge in [-0.15, -0.1) is 0 Å². The van der Waals surface area contributed by atoms with Gasteiger partial charge in [-0.2, -0.15) is 5.26 Å². The molecule has 0 radical (unpaired) electrons. The maximum absolute atomic E-state index is 9.13. The zero-order valence-corrected chi connectivity index (χ0v) is 10.3. The largest absolute Gasteiger partial charge is 0.301 e. The maximum atomic E-state index is 9.13. The molecule has 0 amide bonds. The Hall–Kier alpha value is -0.590. The Labute approximate surface area is 88.1 Å². The van der Waals surface area contributed by atoms with Crippen LogP contribution in [0.2, 0.25) is 0 Å². The Kier molecular flexibility index (Phi) is 5.11. The van der Waals surface area contributed by atoms with Crippen molar-refractivity contribution < 1.29 is 0 Å². The molecule has 0 rings (SSSR count). The van der Waals surface area contributed by atoms with Crippen molar-refractivity contribution in [3.63, 3.8) is 0 Å². The molecular weight excluding hydrogens is 174 g/mol. The fourth-order valence-corrected chi connectivity index (χ4v) is 1.43. The van der Waals surface area contributed by atoms with Crippen molar-refractivity contribution in [2.45, 2.75) is 52.2 Å². The Morgan fingerprint density at radius 3 is 2.14 bits per heavy atom. The number of hydrogen-bond acceptors (Lipinski definition) is 3. The molecule has 14 heavy (non-hydrogen) atoms. The summed E-state index contributed by atoms with van der Waals surface area (Å²) in [6.45, 7) is 11.1. The van der Waals surface area contributed by atoms with E-state index in [9.17, 15) is 0 Å². The molecule has 1 N–H and O–H groups in total. The lowest BCUT2D eigenvalue weighted by Gasteiger charge is -2.32. The quantitative estimate of drug-likeness (QED) is 0.727. The first-order chi connectivity index (χ1) is 6.30. The van der Waals surface area contributed by atoms with Crippen LogP contribution in [0.3, 0.4) is 0 Å². The van der Waals surface area contributed by atoms with Crippen LogP contribution in [0.5, 0.6) is 0 Å². The first-order valence-corrected chi connectivity index (χ1v) is 5.20. The number of rotatable bonds is 5. The number of hydrogen-bond donors (Lipinski definition) is 1. The molecule has 0 bridgehead atoms. The Balaban J connectivity index is 4.34. The van der Waals surface area contributed by atoms with Gasteiger partial charge in [0, 0.05) is 18.6 Å². The van der Waals surface area contributed by atoms with Gasteiger partial charge in [-0.25, -0.2) is 0 Å².